The van der Waals surface area contributed by atoms with Crippen molar-refractivity contribution in [1.29, 1.82) is 0 Å². The molecule has 17 nitrogen and oxygen atoms in total. The van der Waals surface area contributed by atoms with Gasteiger partial charge < -0.3 is 44.8 Å². The second kappa shape index (κ2) is 9.94. The molecular formula is C15H19N4O13P3S. The Hall–Kier alpha value is -1.59. The van der Waals surface area contributed by atoms with Crippen molar-refractivity contribution >= 4 is 51.7 Å². The highest BCUT2D eigenvalue weighted by Crippen LogP contribution is 2.66. The number of anilines is 1. The van der Waals surface area contributed by atoms with Gasteiger partial charge in [0.15, 0.2) is 6.23 Å². The number of phosphoric ester groups is 1. The highest BCUT2D eigenvalue weighted by atomic mass is 32.1. The van der Waals surface area contributed by atoms with Crippen LogP contribution in [0.2, 0.25) is 0 Å². The molecule has 198 valence electrons. The van der Waals surface area contributed by atoms with Crippen molar-refractivity contribution in [2.45, 2.75) is 24.5 Å². The first kappa shape index (κ1) is 27.4. The summed E-state index contributed by atoms with van der Waals surface area (Å²) in [6, 6.07) is 3.63. The van der Waals surface area contributed by atoms with E-state index in [1.807, 2.05) is 17.5 Å². The zero-order valence-corrected chi connectivity index (χ0v) is 21.1. The van der Waals surface area contributed by atoms with E-state index in [1.165, 1.54) is 22.2 Å². The Labute approximate surface area is 205 Å². The van der Waals surface area contributed by atoms with E-state index in [0.717, 1.165) is 4.88 Å². The lowest BCUT2D eigenvalue weighted by atomic mass is 10.1. The summed E-state index contributed by atoms with van der Waals surface area (Å²) in [5, 5.41) is 23.3. The molecule has 4 rings (SSSR count). The van der Waals surface area contributed by atoms with Crippen LogP contribution in [0.1, 0.15) is 6.23 Å². The number of hydrogen-bond acceptors (Lipinski definition) is 13. The minimum Gasteiger partial charge on any atom is -0.387 e. The van der Waals surface area contributed by atoms with Crippen molar-refractivity contribution in [3.8, 4) is 10.4 Å². The number of thiophene rings is 1. The molecule has 6 atom stereocenters. The highest BCUT2D eigenvalue weighted by molar-refractivity contribution is 7.66. The SMILES string of the molecule is Nc1ncnc2c1c(-c1cccs1)cn2[C@@H]1O[C@H](COP(=O)(O)OP(=O)(O)OP(=O)(O)O)C(O)[C@@H]1O. The van der Waals surface area contributed by atoms with Gasteiger partial charge >= 0.3 is 23.5 Å². The maximum atomic E-state index is 12.0. The summed E-state index contributed by atoms with van der Waals surface area (Å²) in [7, 11) is -16.7. The molecule has 3 aromatic rings. The average molecular weight is 588 g/mol. The maximum absolute atomic E-state index is 12.0. The van der Waals surface area contributed by atoms with Gasteiger partial charge in [-0.2, -0.15) is 8.62 Å². The molecule has 1 fully saturated rings. The lowest BCUT2D eigenvalue weighted by molar-refractivity contribution is -0.0500. The smallest absolute Gasteiger partial charge is 0.387 e. The molecule has 0 radical (unpaired) electrons. The van der Waals surface area contributed by atoms with Crippen LogP contribution in [0.3, 0.4) is 0 Å². The Balaban J connectivity index is 1.54. The van der Waals surface area contributed by atoms with Crippen LogP contribution in [0, 0.1) is 0 Å². The van der Waals surface area contributed by atoms with Crippen LogP contribution in [0.5, 0.6) is 0 Å². The Morgan fingerprint density at radius 1 is 1.08 bits per heavy atom. The quantitative estimate of drug-likeness (QED) is 0.170. The van der Waals surface area contributed by atoms with E-state index >= 15 is 0 Å². The summed E-state index contributed by atoms with van der Waals surface area (Å²) in [5.74, 6) is 0.152. The lowest BCUT2D eigenvalue weighted by Crippen LogP contribution is -2.33. The number of nitrogen functional groups attached to an aromatic ring is 1. The van der Waals surface area contributed by atoms with Crippen molar-refractivity contribution in [2.24, 2.45) is 0 Å². The van der Waals surface area contributed by atoms with E-state index in [1.54, 1.807) is 6.20 Å². The van der Waals surface area contributed by atoms with Gasteiger partial charge in [0.25, 0.3) is 0 Å². The van der Waals surface area contributed by atoms with E-state index in [2.05, 4.69) is 23.1 Å². The first-order chi connectivity index (χ1) is 16.7. The Morgan fingerprint density at radius 2 is 1.81 bits per heavy atom. The fraction of sp³-hybridized carbons (Fsp3) is 0.333. The third-order valence-corrected chi connectivity index (χ3v) is 9.56. The topological polar surface area (TPSA) is 266 Å². The molecule has 0 saturated carbocycles. The van der Waals surface area contributed by atoms with Crippen LogP contribution in [0.25, 0.3) is 21.5 Å². The monoisotopic (exact) mass is 588 g/mol. The lowest BCUT2D eigenvalue weighted by Gasteiger charge is -2.19. The van der Waals surface area contributed by atoms with Crippen molar-refractivity contribution < 1.29 is 61.4 Å². The molecule has 1 aliphatic rings. The average Bonchev–Trinajstić information content (AvgIpc) is 3.44. The van der Waals surface area contributed by atoms with Crippen LogP contribution in [-0.4, -0.2) is 69.2 Å². The third-order valence-electron chi connectivity index (χ3n) is 4.85. The molecule has 0 bridgehead atoms. The second-order valence-electron chi connectivity index (χ2n) is 7.32. The van der Waals surface area contributed by atoms with Gasteiger partial charge in [0.2, 0.25) is 0 Å². The number of ether oxygens (including phenoxy) is 1. The van der Waals surface area contributed by atoms with Gasteiger partial charge in [-0.05, 0) is 11.4 Å². The van der Waals surface area contributed by atoms with E-state index in [9.17, 15) is 33.7 Å². The molecule has 0 aliphatic carbocycles. The minimum absolute atomic E-state index is 0.152. The molecule has 36 heavy (non-hydrogen) atoms. The Bertz CT molecular complexity index is 1390. The van der Waals surface area contributed by atoms with Crippen LogP contribution in [0.4, 0.5) is 5.82 Å². The molecule has 3 aromatic heterocycles. The Morgan fingerprint density at radius 3 is 2.44 bits per heavy atom. The van der Waals surface area contributed by atoms with Gasteiger partial charge in [0.05, 0.1) is 12.0 Å². The molecule has 0 amide bonds. The van der Waals surface area contributed by atoms with Gasteiger partial charge in [0.1, 0.15) is 36.1 Å². The van der Waals surface area contributed by atoms with Crippen molar-refractivity contribution in [3.63, 3.8) is 0 Å². The molecule has 8 N–H and O–H groups in total. The van der Waals surface area contributed by atoms with Gasteiger partial charge in [-0.15, -0.1) is 11.3 Å². The van der Waals surface area contributed by atoms with Crippen molar-refractivity contribution in [1.82, 2.24) is 14.5 Å². The summed E-state index contributed by atoms with van der Waals surface area (Å²) in [4.78, 5) is 45.0. The zero-order valence-electron chi connectivity index (χ0n) is 17.6. The van der Waals surface area contributed by atoms with E-state index in [0.29, 0.717) is 10.9 Å². The number of aliphatic hydroxyl groups excluding tert-OH is 2. The van der Waals surface area contributed by atoms with Crippen LogP contribution >= 0.6 is 34.8 Å². The van der Waals surface area contributed by atoms with E-state index in [-0.39, 0.29) is 11.5 Å². The fourth-order valence-corrected chi connectivity index (χ4v) is 7.26. The van der Waals surface area contributed by atoms with Crippen LogP contribution in [0.15, 0.2) is 30.0 Å². The van der Waals surface area contributed by atoms with Gasteiger partial charge in [-0.25, -0.2) is 23.7 Å². The standard InChI is InChI=1S/C15H19N4O13P3S/c16-13-10-7(9-2-1-3-36-9)4-19(14(10)18-6-17-13)15-12(21)11(20)8(30-15)5-29-34(25,26)32-35(27,28)31-33(22,23)24/h1-4,6,8,11-12,15,20-21H,5H2,(H,25,26)(H,27,28)(H2,16,17,18)(H2,22,23,24)/t8-,11?,12+,15-/m1/s1. The highest BCUT2D eigenvalue weighted by Gasteiger charge is 2.47. The number of fused-ring (bicyclic) bond motifs is 1. The summed E-state index contributed by atoms with van der Waals surface area (Å²) >= 11 is 1.40. The number of hydrogen-bond donors (Lipinski definition) is 7. The normalized spacial score (nSPS) is 26.2. The predicted octanol–water partition coefficient (Wildman–Crippen LogP) is 0.704. The predicted molar refractivity (Wildman–Crippen MR) is 121 cm³/mol. The summed E-state index contributed by atoms with van der Waals surface area (Å²) in [5.41, 5.74) is 6.93. The Kier molecular flexibility index (Phi) is 7.58. The number of phosphoric acid groups is 3. The van der Waals surface area contributed by atoms with Crippen LogP contribution in [-0.2, 0) is 31.6 Å². The summed E-state index contributed by atoms with van der Waals surface area (Å²) < 4.78 is 52.9. The third kappa shape index (κ3) is 5.93. The number of nitrogens with zero attached hydrogens (tertiary/aromatic N) is 3. The molecule has 3 unspecified atom stereocenters. The van der Waals surface area contributed by atoms with Crippen LogP contribution < -0.4 is 5.73 Å². The van der Waals surface area contributed by atoms with Gasteiger partial charge in [-0.3, -0.25) is 4.52 Å². The molecule has 4 heterocycles. The first-order valence-corrected chi connectivity index (χ1v) is 15.0. The number of aliphatic hydroxyl groups is 2. The summed E-state index contributed by atoms with van der Waals surface area (Å²) in [6.07, 6.45) is -3.24. The van der Waals surface area contributed by atoms with Gasteiger partial charge in [0, 0.05) is 16.6 Å². The maximum Gasteiger partial charge on any atom is 0.490 e. The van der Waals surface area contributed by atoms with Crippen molar-refractivity contribution in [3.05, 3.63) is 30.0 Å². The summed E-state index contributed by atoms with van der Waals surface area (Å²) in [6.45, 7) is -0.952. The molecule has 1 saturated heterocycles. The number of rotatable bonds is 9. The van der Waals surface area contributed by atoms with Crippen molar-refractivity contribution in [2.75, 3.05) is 12.3 Å². The molecular weight excluding hydrogens is 569 g/mol. The number of aromatic nitrogens is 3. The largest absolute Gasteiger partial charge is 0.490 e. The second-order valence-corrected chi connectivity index (χ2v) is 12.7. The zero-order chi connectivity index (χ0) is 26.5. The molecule has 0 spiro atoms. The number of nitrogens with two attached hydrogens (primary N) is 1. The minimum atomic E-state index is -5.72. The van der Waals surface area contributed by atoms with E-state index < -0.39 is 54.6 Å². The molecule has 0 aromatic carbocycles. The first-order valence-electron chi connectivity index (χ1n) is 9.62. The molecule has 21 heteroatoms. The van der Waals surface area contributed by atoms with E-state index in [4.69, 9.17) is 20.3 Å². The fourth-order valence-electron chi connectivity index (χ4n) is 3.49. The van der Waals surface area contributed by atoms with Gasteiger partial charge in [-0.1, -0.05) is 6.07 Å². The molecule has 1 aliphatic heterocycles.